The summed E-state index contributed by atoms with van der Waals surface area (Å²) in [6, 6.07) is 5.94. The summed E-state index contributed by atoms with van der Waals surface area (Å²) >= 11 is 0. The normalized spacial score (nSPS) is 10.3. The highest BCUT2D eigenvalue weighted by molar-refractivity contribution is 5.66. The largest absolute Gasteiger partial charge is 0.490 e. The molecule has 0 amide bonds. The monoisotopic (exact) mass is 230 g/mol. The van der Waals surface area contributed by atoms with E-state index in [4.69, 9.17) is 4.74 Å². The number of benzene rings is 1. The standard InChI is InChI=1S/C13H14N2O2/c1-8-4-5-10(6-9(8)2)11-12(17-3)13(16)15-7-14-11/h4-7H,1-3H3,(H,14,15,16). The van der Waals surface area contributed by atoms with Gasteiger partial charge in [0.2, 0.25) is 5.75 Å². The van der Waals surface area contributed by atoms with Gasteiger partial charge in [0, 0.05) is 5.56 Å². The number of ether oxygens (including phenoxy) is 1. The summed E-state index contributed by atoms with van der Waals surface area (Å²) < 4.78 is 5.09. The highest BCUT2D eigenvalue weighted by Gasteiger charge is 2.11. The zero-order valence-electron chi connectivity index (χ0n) is 10.1. The first-order valence-corrected chi connectivity index (χ1v) is 5.33. The summed E-state index contributed by atoms with van der Waals surface area (Å²) in [7, 11) is 1.47. The van der Waals surface area contributed by atoms with E-state index in [9.17, 15) is 4.79 Å². The van der Waals surface area contributed by atoms with Crippen LogP contribution in [0.15, 0.2) is 29.3 Å². The lowest BCUT2D eigenvalue weighted by Gasteiger charge is -2.08. The first-order valence-electron chi connectivity index (χ1n) is 5.33. The van der Waals surface area contributed by atoms with Crippen molar-refractivity contribution >= 4 is 0 Å². The first-order chi connectivity index (χ1) is 8.13. The van der Waals surface area contributed by atoms with Gasteiger partial charge in [0.05, 0.1) is 13.4 Å². The van der Waals surface area contributed by atoms with Gasteiger partial charge in [0.25, 0.3) is 5.56 Å². The molecule has 2 rings (SSSR count). The van der Waals surface area contributed by atoms with Gasteiger partial charge >= 0.3 is 0 Å². The Balaban J connectivity index is 2.64. The molecular weight excluding hydrogens is 216 g/mol. The molecule has 0 atom stereocenters. The number of methoxy groups -OCH3 is 1. The van der Waals surface area contributed by atoms with Gasteiger partial charge in [0.15, 0.2) is 0 Å². The van der Waals surface area contributed by atoms with Crippen LogP contribution in [0.2, 0.25) is 0 Å². The Bertz CT molecular complexity index is 603. The average Bonchev–Trinajstić information content (AvgIpc) is 2.32. The number of nitrogens with one attached hydrogen (secondary N) is 1. The minimum atomic E-state index is -0.268. The van der Waals surface area contributed by atoms with Crippen LogP contribution < -0.4 is 10.3 Å². The topological polar surface area (TPSA) is 55.0 Å². The van der Waals surface area contributed by atoms with Crippen LogP contribution in [-0.4, -0.2) is 17.1 Å². The van der Waals surface area contributed by atoms with Crippen LogP contribution in [0.4, 0.5) is 0 Å². The number of aromatic nitrogens is 2. The molecule has 0 saturated heterocycles. The van der Waals surface area contributed by atoms with Crippen molar-refractivity contribution in [2.75, 3.05) is 7.11 Å². The maximum atomic E-state index is 11.6. The van der Waals surface area contributed by atoms with E-state index in [-0.39, 0.29) is 11.3 Å². The summed E-state index contributed by atoms with van der Waals surface area (Å²) in [5, 5.41) is 0. The molecular formula is C13H14N2O2. The van der Waals surface area contributed by atoms with Crippen LogP contribution >= 0.6 is 0 Å². The maximum Gasteiger partial charge on any atom is 0.293 e. The zero-order valence-corrected chi connectivity index (χ0v) is 10.1. The number of hydrogen-bond acceptors (Lipinski definition) is 3. The van der Waals surface area contributed by atoms with Gasteiger partial charge in [0.1, 0.15) is 5.69 Å². The molecule has 0 aliphatic rings. The fourth-order valence-corrected chi connectivity index (χ4v) is 1.67. The van der Waals surface area contributed by atoms with Crippen molar-refractivity contribution in [3.8, 4) is 17.0 Å². The van der Waals surface area contributed by atoms with Crippen LogP contribution in [0, 0.1) is 13.8 Å². The van der Waals surface area contributed by atoms with E-state index in [1.807, 2.05) is 32.0 Å². The van der Waals surface area contributed by atoms with E-state index in [0.29, 0.717) is 5.69 Å². The summed E-state index contributed by atoms with van der Waals surface area (Å²) in [5.74, 6) is 0.246. The van der Waals surface area contributed by atoms with Crippen molar-refractivity contribution in [3.05, 3.63) is 46.0 Å². The molecule has 0 aliphatic carbocycles. The summed E-state index contributed by atoms with van der Waals surface area (Å²) in [6.07, 6.45) is 1.38. The number of aryl methyl sites for hydroxylation is 2. The summed E-state index contributed by atoms with van der Waals surface area (Å²) in [4.78, 5) is 18.2. The SMILES string of the molecule is COc1c(-c2ccc(C)c(C)c2)nc[nH]c1=O. The van der Waals surface area contributed by atoms with Gasteiger partial charge in [-0.2, -0.15) is 0 Å². The van der Waals surface area contributed by atoms with Gasteiger partial charge in [-0.3, -0.25) is 4.79 Å². The second kappa shape index (κ2) is 4.41. The minimum Gasteiger partial charge on any atom is -0.490 e. The number of H-pyrrole nitrogens is 1. The van der Waals surface area contributed by atoms with Crippen LogP contribution in [-0.2, 0) is 0 Å². The van der Waals surface area contributed by atoms with Crippen molar-refractivity contribution in [2.24, 2.45) is 0 Å². The highest BCUT2D eigenvalue weighted by Crippen LogP contribution is 2.25. The Hall–Kier alpha value is -2.10. The molecule has 1 aromatic heterocycles. The number of aromatic amines is 1. The molecule has 1 aromatic carbocycles. The summed E-state index contributed by atoms with van der Waals surface area (Å²) in [6.45, 7) is 4.07. The molecule has 0 aliphatic heterocycles. The second-order valence-electron chi connectivity index (χ2n) is 3.91. The molecule has 0 radical (unpaired) electrons. The molecule has 0 spiro atoms. The Labute approximate surface area is 99.3 Å². The highest BCUT2D eigenvalue weighted by atomic mass is 16.5. The van der Waals surface area contributed by atoms with Crippen LogP contribution in [0.5, 0.6) is 5.75 Å². The Morgan fingerprint density at radius 1 is 1.24 bits per heavy atom. The molecule has 4 nitrogen and oxygen atoms in total. The zero-order chi connectivity index (χ0) is 12.4. The quantitative estimate of drug-likeness (QED) is 0.859. The molecule has 17 heavy (non-hydrogen) atoms. The lowest BCUT2D eigenvalue weighted by molar-refractivity contribution is 0.408. The summed E-state index contributed by atoms with van der Waals surface area (Å²) in [5.41, 5.74) is 3.55. The first kappa shape index (κ1) is 11.4. The number of rotatable bonds is 2. The van der Waals surface area contributed by atoms with Gasteiger partial charge < -0.3 is 9.72 Å². The maximum absolute atomic E-state index is 11.6. The molecule has 4 heteroatoms. The van der Waals surface area contributed by atoms with E-state index < -0.39 is 0 Å². The van der Waals surface area contributed by atoms with Gasteiger partial charge in [-0.15, -0.1) is 0 Å². The number of hydrogen-bond donors (Lipinski definition) is 1. The molecule has 0 fully saturated rings. The third-order valence-corrected chi connectivity index (χ3v) is 2.80. The molecule has 0 unspecified atom stereocenters. The van der Waals surface area contributed by atoms with Crippen molar-refractivity contribution in [1.82, 2.24) is 9.97 Å². The van der Waals surface area contributed by atoms with Crippen molar-refractivity contribution < 1.29 is 4.74 Å². The smallest absolute Gasteiger partial charge is 0.293 e. The van der Waals surface area contributed by atoms with Gasteiger partial charge in [-0.05, 0) is 31.0 Å². The van der Waals surface area contributed by atoms with E-state index in [2.05, 4.69) is 9.97 Å². The fourth-order valence-electron chi connectivity index (χ4n) is 1.67. The predicted molar refractivity (Wildman–Crippen MR) is 66.3 cm³/mol. The molecule has 1 N–H and O–H groups in total. The van der Waals surface area contributed by atoms with Crippen molar-refractivity contribution in [2.45, 2.75) is 13.8 Å². The minimum absolute atomic E-state index is 0.246. The molecule has 88 valence electrons. The lowest BCUT2D eigenvalue weighted by Crippen LogP contribution is -2.11. The van der Waals surface area contributed by atoms with Crippen LogP contribution in [0.25, 0.3) is 11.3 Å². The Morgan fingerprint density at radius 2 is 2.00 bits per heavy atom. The predicted octanol–water partition coefficient (Wildman–Crippen LogP) is 2.06. The van der Waals surface area contributed by atoms with Crippen LogP contribution in [0.3, 0.4) is 0 Å². The number of nitrogens with zero attached hydrogens (tertiary/aromatic N) is 1. The fraction of sp³-hybridized carbons (Fsp3) is 0.231. The molecule has 0 saturated carbocycles. The Morgan fingerprint density at radius 3 is 2.65 bits per heavy atom. The van der Waals surface area contributed by atoms with Gasteiger partial charge in [-0.25, -0.2) is 4.98 Å². The Kier molecular flexibility index (Phi) is 2.95. The third kappa shape index (κ3) is 2.06. The molecule has 0 bridgehead atoms. The van der Waals surface area contributed by atoms with E-state index in [1.54, 1.807) is 0 Å². The molecule has 2 aromatic rings. The van der Waals surface area contributed by atoms with E-state index in [0.717, 1.165) is 11.1 Å². The van der Waals surface area contributed by atoms with E-state index >= 15 is 0 Å². The third-order valence-electron chi connectivity index (χ3n) is 2.80. The van der Waals surface area contributed by atoms with Crippen molar-refractivity contribution in [3.63, 3.8) is 0 Å². The second-order valence-corrected chi connectivity index (χ2v) is 3.91. The molecule has 1 heterocycles. The average molecular weight is 230 g/mol. The van der Waals surface area contributed by atoms with Gasteiger partial charge in [-0.1, -0.05) is 12.1 Å². The lowest BCUT2D eigenvalue weighted by atomic mass is 10.0. The van der Waals surface area contributed by atoms with Crippen molar-refractivity contribution in [1.29, 1.82) is 0 Å². The van der Waals surface area contributed by atoms with Crippen LogP contribution in [0.1, 0.15) is 11.1 Å². The van der Waals surface area contributed by atoms with E-state index in [1.165, 1.54) is 19.0 Å².